The van der Waals surface area contributed by atoms with E-state index in [0.717, 1.165) is 29.2 Å². The lowest BCUT2D eigenvalue weighted by molar-refractivity contribution is -0.154. The highest BCUT2D eigenvalue weighted by Crippen LogP contribution is 2.52. The molecule has 3 nitrogen and oxygen atoms in total. The third-order valence-corrected chi connectivity index (χ3v) is 7.89. The van der Waals surface area contributed by atoms with Gasteiger partial charge in [0.1, 0.15) is 0 Å². The van der Waals surface area contributed by atoms with E-state index >= 15 is 0 Å². The minimum atomic E-state index is -0.526. The van der Waals surface area contributed by atoms with E-state index in [2.05, 4.69) is 43.3 Å². The molecule has 1 amide bonds. The van der Waals surface area contributed by atoms with Crippen molar-refractivity contribution >= 4 is 40.9 Å². The highest BCUT2D eigenvalue weighted by Gasteiger charge is 2.51. The lowest BCUT2D eigenvalue weighted by atomic mass is 9.67. The van der Waals surface area contributed by atoms with Crippen LogP contribution in [0, 0.1) is 5.41 Å². The number of piperidine rings is 1. The fourth-order valence-electron chi connectivity index (χ4n) is 4.80. The largest absolute Gasteiger partial charge is 0.329 e. The summed E-state index contributed by atoms with van der Waals surface area (Å²) >= 11 is 14.4. The topological polar surface area (TPSA) is 33.2 Å². The Morgan fingerprint density at radius 3 is 2.66 bits per heavy atom. The molecule has 4 atom stereocenters. The van der Waals surface area contributed by atoms with Crippen molar-refractivity contribution in [2.75, 3.05) is 11.5 Å². The minimum Gasteiger partial charge on any atom is -0.329 e. The van der Waals surface area contributed by atoms with E-state index in [1.54, 1.807) is 6.20 Å². The highest BCUT2D eigenvalue weighted by molar-refractivity contribution is 7.99. The summed E-state index contributed by atoms with van der Waals surface area (Å²) < 4.78 is 0. The molecule has 3 rings (SSSR count). The van der Waals surface area contributed by atoms with Gasteiger partial charge in [0.15, 0.2) is 0 Å². The lowest BCUT2D eigenvalue weighted by Gasteiger charge is -2.51. The Bertz CT molecular complexity index is 936. The molecule has 2 aromatic rings. The zero-order valence-corrected chi connectivity index (χ0v) is 21.4. The molecule has 0 aliphatic carbocycles. The van der Waals surface area contributed by atoms with Gasteiger partial charge in [-0.05, 0) is 54.8 Å². The first-order valence-electron chi connectivity index (χ1n) is 11.2. The predicted octanol–water partition coefficient (Wildman–Crippen LogP) is 7.56. The first-order chi connectivity index (χ1) is 15.3. The number of likely N-dealkylation sites (tertiary alicyclic amines) is 1. The van der Waals surface area contributed by atoms with Crippen molar-refractivity contribution < 1.29 is 4.79 Å². The molecule has 1 fully saturated rings. The third kappa shape index (κ3) is 5.35. The molecule has 1 aromatic heterocycles. The van der Waals surface area contributed by atoms with Crippen molar-refractivity contribution in [3.63, 3.8) is 0 Å². The van der Waals surface area contributed by atoms with Crippen molar-refractivity contribution in [2.45, 2.75) is 58.0 Å². The number of carbonyl (C=O) groups excluding carboxylic acids is 1. The molecule has 1 aliphatic rings. The van der Waals surface area contributed by atoms with Crippen LogP contribution in [0.3, 0.4) is 0 Å². The molecular formula is C26H32Cl2N2OS. The van der Waals surface area contributed by atoms with Gasteiger partial charge in [-0.2, -0.15) is 11.8 Å². The van der Waals surface area contributed by atoms with Crippen molar-refractivity contribution in [3.05, 3.63) is 76.6 Å². The molecule has 2 heterocycles. The number of aromatic nitrogens is 1. The average Bonchev–Trinajstić information content (AvgIpc) is 2.77. The SMILES string of the molecule is C=CC[C@@]1(C)C[C@H](c2cccc(Cl)c2)[C@@H](c2ccc(Cl)cn2)N(C(CC)CSCC)C1=O. The second-order valence-electron chi connectivity index (χ2n) is 8.70. The van der Waals surface area contributed by atoms with Crippen molar-refractivity contribution in [2.24, 2.45) is 5.41 Å². The van der Waals surface area contributed by atoms with Gasteiger partial charge in [-0.25, -0.2) is 0 Å². The number of hydrogen-bond acceptors (Lipinski definition) is 3. The lowest BCUT2D eigenvalue weighted by Crippen LogP contribution is -2.56. The van der Waals surface area contributed by atoms with E-state index < -0.39 is 5.41 Å². The summed E-state index contributed by atoms with van der Waals surface area (Å²) in [7, 11) is 0. The molecule has 32 heavy (non-hydrogen) atoms. The fraction of sp³-hybridized carbons (Fsp3) is 0.462. The van der Waals surface area contributed by atoms with Crippen LogP contribution in [0.25, 0.3) is 0 Å². The quantitative estimate of drug-likeness (QED) is 0.340. The maximum Gasteiger partial charge on any atom is 0.229 e. The monoisotopic (exact) mass is 490 g/mol. The normalized spacial score (nSPS) is 24.4. The fourth-order valence-corrected chi connectivity index (χ4v) is 6.01. The van der Waals surface area contributed by atoms with E-state index in [4.69, 9.17) is 23.2 Å². The van der Waals surface area contributed by atoms with E-state index in [0.29, 0.717) is 22.9 Å². The Balaban J connectivity index is 2.20. The molecule has 1 aromatic carbocycles. The summed E-state index contributed by atoms with van der Waals surface area (Å²) in [6.45, 7) is 10.3. The molecule has 1 unspecified atom stereocenters. The minimum absolute atomic E-state index is 0.0608. The Morgan fingerprint density at radius 1 is 1.28 bits per heavy atom. The summed E-state index contributed by atoms with van der Waals surface area (Å²) in [5, 5.41) is 1.29. The van der Waals surface area contributed by atoms with Gasteiger partial charge < -0.3 is 4.90 Å². The number of nitrogens with zero attached hydrogens (tertiary/aromatic N) is 2. The number of benzene rings is 1. The summed E-state index contributed by atoms with van der Waals surface area (Å²) in [5.74, 6) is 2.16. The van der Waals surface area contributed by atoms with Gasteiger partial charge in [0, 0.05) is 28.9 Å². The van der Waals surface area contributed by atoms with Gasteiger partial charge >= 0.3 is 0 Å². The number of allylic oxidation sites excluding steroid dienone is 1. The Hall–Kier alpha value is -1.49. The molecule has 0 bridgehead atoms. The van der Waals surface area contributed by atoms with E-state index in [9.17, 15) is 4.79 Å². The maximum atomic E-state index is 14.1. The second kappa shape index (κ2) is 11.1. The number of amides is 1. The maximum absolute atomic E-state index is 14.1. The van der Waals surface area contributed by atoms with Gasteiger partial charge in [-0.15, -0.1) is 6.58 Å². The van der Waals surface area contributed by atoms with Crippen LogP contribution >= 0.6 is 35.0 Å². The van der Waals surface area contributed by atoms with Gasteiger partial charge in [-0.1, -0.05) is 62.2 Å². The zero-order chi connectivity index (χ0) is 23.3. The molecule has 1 aliphatic heterocycles. The standard InChI is InChI=1S/C26H32Cl2N2OS/c1-5-13-26(4)15-22(18-9-8-10-19(27)14-18)24(23-12-11-20(28)16-29-23)30(25(26)31)21(6-2)17-32-7-3/h5,8-12,14,16,21-22,24H,1,6-7,13,15,17H2,2-4H3/t21?,22-,24+,26+/m1/s1. The van der Waals surface area contributed by atoms with Crippen LogP contribution in [0.15, 0.2) is 55.3 Å². The highest BCUT2D eigenvalue weighted by atomic mass is 35.5. The van der Waals surface area contributed by atoms with Crippen LogP contribution in [0.4, 0.5) is 0 Å². The van der Waals surface area contributed by atoms with Crippen molar-refractivity contribution in [1.82, 2.24) is 9.88 Å². The molecule has 0 spiro atoms. The molecule has 6 heteroatoms. The van der Waals surface area contributed by atoms with E-state index in [1.807, 2.05) is 48.2 Å². The van der Waals surface area contributed by atoms with Crippen molar-refractivity contribution in [3.8, 4) is 0 Å². The third-order valence-electron chi connectivity index (χ3n) is 6.41. The first-order valence-corrected chi connectivity index (χ1v) is 13.1. The molecule has 172 valence electrons. The predicted molar refractivity (Wildman–Crippen MR) is 138 cm³/mol. The Labute approximate surface area is 206 Å². The smallest absolute Gasteiger partial charge is 0.229 e. The number of thioether (sulfide) groups is 1. The number of rotatable bonds is 9. The molecule has 0 radical (unpaired) electrons. The molecular weight excluding hydrogens is 459 g/mol. The number of halogens is 2. The van der Waals surface area contributed by atoms with Crippen molar-refractivity contribution in [1.29, 1.82) is 0 Å². The summed E-state index contributed by atoms with van der Waals surface area (Å²) in [6, 6.07) is 11.8. The Morgan fingerprint density at radius 2 is 2.06 bits per heavy atom. The number of hydrogen-bond donors (Lipinski definition) is 0. The summed E-state index contributed by atoms with van der Waals surface area (Å²) in [5.41, 5.74) is 1.47. The van der Waals surface area contributed by atoms with Gasteiger partial charge in [-0.3, -0.25) is 9.78 Å². The molecule has 0 saturated carbocycles. The van der Waals surface area contributed by atoms with Gasteiger partial charge in [0.2, 0.25) is 5.91 Å². The first kappa shape index (κ1) is 25.1. The number of carbonyl (C=O) groups is 1. The van der Waals surface area contributed by atoms with E-state index in [1.165, 1.54) is 0 Å². The average molecular weight is 492 g/mol. The zero-order valence-electron chi connectivity index (χ0n) is 19.1. The summed E-state index contributed by atoms with van der Waals surface area (Å²) in [6.07, 6.45) is 5.77. The van der Waals surface area contributed by atoms with Crippen LogP contribution in [-0.2, 0) is 4.79 Å². The van der Waals surface area contributed by atoms with Crippen LogP contribution in [-0.4, -0.2) is 33.3 Å². The molecule has 0 N–H and O–H groups in total. The number of pyridine rings is 1. The van der Waals surface area contributed by atoms with Gasteiger partial charge in [0.05, 0.1) is 22.2 Å². The van der Waals surface area contributed by atoms with Crippen LogP contribution in [0.1, 0.15) is 63.3 Å². The van der Waals surface area contributed by atoms with Crippen LogP contribution < -0.4 is 0 Å². The molecule has 1 saturated heterocycles. The van der Waals surface area contributed by atoms with E-state index in [-0.39, 0.29) is 23.9 Å². The Kier molecular flexibility index (Phi) is 8.71. The summed E-state index contributed by atoms with van der Waals surface area (Å²) in [4.78, 5) is 20.9. The van der Waals surface area contributed by atoms with Crippen LogP contribution in [0.5, 0.6) is 0 Å². The second-order valence-corrected chi connectivity index (χ2v) is 10.9. The van der Waals surface area contributed by atoms with Crippen LogP contribution in [0.2, 0.25) is 10.0 Å². The van der Waals surface area contributed by atoms with Gasteiger partial charge in [0.25, 0.3) is 0 Å².